The molecule has 0 atom stereocenters. The third-order valence-corrected chi connectivity index (χ3v) is 5.28. The van der Waals surface area contributed by atoms with Crippen molar-refractivity contribution in [3.05, 3.63) is 42.5 Å². The number of hydrogen-bond acceptors (Lipinski definition) is 0. The second kappa shape index (κ2) is 5.47. The summed E-state index contributed by atoms with van der Waals surface area (Å²) in [5.41, 5.74) is 0. The third kappa shape index (κ3) is 2.70. The van der Waals surface area contributed by atoms with Gasteiger partial charge in [0, 0.05) is 5.33 Å². The van der Waals surface area contributed by atoms with Crippen molar-refractivity contribution in [1.29, 1.82) is 0 Å². The largest absolute Gasteiger partial charge is 0.0928 e. The molecule has 0 fully saturated rings. The van der Waals surface area contributed by atoms with E-state index in [1.807, 2.05) is 0 Å². The first-order valence-electron chi connectivity index (χ1n) is 5.44. The summed E-state index contributed by atoms with van der Waals surface area (Å²) in [6, 6.07) is 16.8. The van der Waals surface area contributed by atoms with Gasteiger partial charge in [-0.3, -0.25) is 0 Å². The third-order valence-electron chi connectivity index (χ3n) is 2.71. The molecule has 0 amide bonds. The topological polar surface area (TPSA) is 0 Å². The maximum atomic E-state index is 3.49. The van der Waals surface area contributed by atoms with Crippen LogP contribution in [0.1, 0.15) is 6.42 Å². The SMILES string of the molecule is BrCCC[SiH2]c1cccc2ccccc12. The van der Waals surface area contributed by atoms with Crippen LogP contribution in [0.5, 0.6) is 0 Å². The molecule has 0 aliphatic carbocycles. The highest BCUT2D eigenvalue weighted by Gasteiger charge is 1.99. The Hall–Kier alpha value is -0.603. The zero-order valence-corrected chi connectivity index (χ0v) is 11.7. The lowest BCUT2D eigenvalue weighted by Gasteiger charge is -2.05. The fraction of sp³-hybridized carbons (Fsp3) is 0.231. The van der Waals surface area contributed by atoms with Gasteiger partial charge in [-0.15, -0.1) is 0 Å². The lowest BCUT2D eigenvalue weighted by molar-refractivity contribution is 1.11. The fourth-order valence-corrected chi connectivity index (χ4v) is 4.82. The van der Waals surface area contributed by atoms with Crippen molar-refractivity contribution in [2.24, 2.45) is 0 Å². The summed E-state index contributed by atoms with van der Waals surface area (Å²) >= 11 is 3.49. The average molecular weight is 279 g/mol. The second-order valence-electron chi connectivity index (χ2n) is 3.78. The van der Waals surface area contributed by atoms with Crippen molar-refractivity contribution in [2.45, 2.75) is 12.5 Å². The van der Waals surface area contributed by atoms with Gasteiger partial charge < -0.3 is 0 Å². The van der Waals surface area contributed by atoms with E-state index in [4.69, 9.17) is 0 Å². The van der Waals surface area contributed by atoms with Gasteiger partial charge in [0.25, 0.3) is 0 Å². The van der Waals surface area contributed by atoms with Crippen LogP contribution in [0.4, 0.5) is 0 Å². The first kappa shape index (κ1) is 10.9. The van der Waals surface area contributed by atoms with Crippen molar-refractivity contribution >= 4 is 41.4 Å². The van der Waals surface area contributed by atoms with Crippen LogP contribution in [0.25, 0.3) is 10.8 Å². The van der Waals surface area contributed by atoms with Crippen LogP contribution in [-0.2, 0) is 0 Å². The Labute approximate surface area is 102 Å². The minimum atomic E-state index is -0.0743. The van der Waals surface area contributed by atoms with Gasteiger partial charge in [-0.25, -0.2) is 0 Å². The Bertz CT molecular complexity index is 434. The molecule has 78 valence electrons. The molecule has 0 saturated heterocycles. The summed E-state index contributed by atoms with van der Waals surface area (Å²) in [6.45, 7) is 0. The van der Waals surface area contributed by atoms with E-state index in [2.05, 4.69) is 58.4 Å². The molecule has 0 spiro atoms. The van der Waals surface area contributed by atoms with Crippen LogP contribution in [0.2, 0.25) is 6.04 Å². The molecule has 2 aromatic carbocycles. The predicted molar refractivity (Wildman–Crippen MR) is 75.3 cm³/mol. The molecule has 15 heavy (non-hydrogen) atoms. The zero-order chi connectivity index (χ0) is 10.5. The highest BCUT2D eigenvalue weighted by molar-refractivity contribution is 9.09. The van der Waals surface area contributed by atoms with Crippen LogP contribution in [0.15, 0.2) is 42.5 Å². The maximum absolute atomic E-state index is 3.49. The molecule has 0 aliphatic rings. The highest BCUT2D eigenvalue weighted by Crippen LogP contribution is 2.10. The summed E-state index contributed by atoms with van der Waals surface area (Å²) < 4.78 is 0. The molecule has 0 N–H and O–H groups in total. The molecule has 0 aromatic heterocycles. The number of fused-ring (bicyclic) bond motifs is 1. The quantitative estimate of drug-likeness (QED) is 0.458. The Morgan fingerprint density at radius 3 is 2.67 bits per heavy atom. The number of rotatable bonds is 4. The Balaban J connectivity index is 2.26. The molecule has 2 aromatic rings. The van der Waals surface area contributed by atoms with Gasteiger partial charge in [0.1, 0.15) is 0 Å². The molecule has 0 unspecified atom stereocenters. The van der Waals surface area contributed by atoms with Crippen molar-refractivity contribution in [1.82, 2.24) is 0 Å². The lowest BCUT2D eigenvalue weighted by atomic mass is 10.1. The van der Waals surface area contributed by atoms with E-state index in [0.717, 1.165) is 5.33 Å². The second-order valence-corrected chi connectivity index (χ2v) is 6.55. The average Bonchev–Trinajstić information content (AvgIpc) is 2.30. The summed E-state index contributed by atoms with van der Waals surface area (Å²) in [7, 11) is -0.0743. The van der Waals surface area contributed by atoms with Gasteiger partial charge in [0.15, 0.2) is 0 Å². The van der Waals surface area contributed by atoms with E-state index < -0.39 is 0 Å². The number of benzene rings is 2. The monoisotopic (exact) mass is 278 g/mol. The lowest BCUT2D eigenvalue weighted by Crippen LogP contribution is -2.14. The first-order chi connectivity index (χ1) is 7.42. The molecule has 2 rings (SSSR count). The molecular weight excluding hydrogens is 264 g/mol. The van der Waals surface area contributed by atoms with E-state index in [0.29, 0.717) is 0 Å². The van der Waals surface area contributed by atoms with Gasteiger partial charge >= 0.3 is 0 Å². The number of alkyl halides is 1. The molecule has 0 saturated carbocycles. The predicted octanol–water partition coefficient (Wildman–Crippen LogP) is 2.84. The molecule has 0 aliphatic heterocycles. The van der Waals surface area contributed by atoms with E-state index >= 15 is 0 Å². The fourth-order valence-electron chi connectivity index (χ4n) is 1.92. The van der Waals surface area contributed by atoms with E-state index in [1.54, 1.807) is 5.19 Å². The highest BCUT2D eigenvalue weighted by atomic mass is 79.9. The van der Waals surface area contributed by atoms with Crippen LogP contribution < -0.4 is 5.19 Å². The number of halogens is 1. The summed E-state index contributed by atoms with van der Waals surface area (Å²) in [4.78, 5) is 0. The van der Waals surface area contributed by atoms with Crippen LogP contribution >= 0.6 is 15.9 Å². The van der Waals surface area contributed by atoms with Crippen molar-refractivity contribution < 1.29 is 0 Å². The van der Waals surface area contributed by atoms with Crippen molar-refractivity contribution in [3.63, 3.8) is 0 Å². The minimum Gasteiger partial charge on any atom is -0.0928 e. The van der Waals surface area contributed by atoms with Gasteiger partial charge in [-0.2, -0.15) is 0 Å². The van der Waals surface area contributed by atoms with E-state index in [9.17, 15) is 0 Å². The molecule has 0 radical (unpaired) electrons. The number of hydrogen-bond donors (Lipinski definition) is 0. The summed E-state index contributed by atoms with van der Waals surface area (Å²) in [6.07, 6.45) is 1.31. The van der Waals surface area contributed by atoms with Crippen molar-refractivity contribution in [3.8, 4) is 0 Å². The first-order valence-corrected chi connectivity index (χ1v) is 8.27. The van der Waals surface area contributed by atoms with E-state index in [-0.39, 0.29) is 9.52 Å². The summed E-state index contributed by atoms with van der Waals surface area (Å²) in [5, 5.41) is 5.63. The van der Waals surface area contributed by atoms with E-state index in [1.165, 1.54) is 23.2 Å². The smallest absolute Gasteiger partial charge is 0.0556 e. The maximum Gasteiger partial charge on any atom is 0.0556 e. The Morgan fingerprint density at radius 2 is 1.80 bits per heavy atom. The standard InChI is InChI=1S/C13H15BrSi/c14-9-4-10-15-13-8-3-6-11-5-1-2-7-12(11)13/h1-3,5-8H,4,9-10,15H2. The Kier molecular flexibility index (Phi) is 3.98. The zero-order valence-electron chi connectivity index (χ0n) is 8.75. The van der Waals surface area contributed by atoms with Gasteiger partial charge in [-0.1, -0.05) is 69.6 Å². The van der Waals surface area contributed by atoms with Gasteiger partial charge in [-0.05, 0) is 17.2 Å². The van der Waals surface area contributed by atoms with Crippen LogP contribution in [0.3, 0.4) is 0 Å². The van der Waals surface area contributed by atoms with Gasteiger partial charge in [0.05, 0.1) is 9.52 Å². The molecule has 0 nitrogen and oxygen atoms in total. The normalized spacial score (nSPS) is 11.5. The molecule has 0 bridgehead atoms. The van der Waals surface area contributed by atoms with Crippen LogP contribution in [-0.4, -0.2) is 14.8 Å². The Morgan fingerprint density at radius 1 is 1.00 bits per heavy atom. The minimum absolute atomic E-state index is 0.0743. The van der Waals surface area contributed by atoms with Crippen molar-refractivity contribution in [2.75, 3.05) is 5.33 Å². The van der Waals surface area contributed by atoms with Gasteiger partial charge in [0.2, 0.25) is 0 Å². The molecule has 0 heterocycles. The molecular formula is C13H15BrSi. The summed E-state index contributed by atoms with van der Waals surface area (Å²) in [5.74, 6) is 0. The van der Waals surface area contributed by atoms with Crippen LogP contribution in [0, 0.1) is 0 Å². The molecule has 2 heteroatoms.